The summed E-state index contributed by atoms with van der Waals surface area (Å²) >= 11 is 0. The number of esters is 1. The normalized spacial score (nSPS) is 10.1. The SMILES string of the molecule is CCOC(=O)c1cn(-c2ccccc2)nn1. The van der Waals surface area contributed by atoms with Crippen molar-refractivity contribution in [3.05, 3.63) is 42.2 Å². The van der Waals surface area contributed by atoms with E-state index >= 15 is 0 Å². The second-order valence-corrected chi connectivity index (χ2v) is 3.10. The van der Waals surface area contributed by atoms with Gasteiger partial charge in [0.05, 0.1) is 18.5 Å². The fourth-order valence-corrected chi connectivity index (χ4v) is 1.27. The maximum absolute atomic E-state index is 11.4. The Bertz CT molecular complexity index is 479. The molecule has 0 aliphatic rings. The van der Waals surface area contributed by atoms with Gasteiger partial charge >= 0.3 is 5.97 Å². The number of hydrogen-bond acceptors (Lipinski definition) is 4. The molecule has 2 rings (SSSR count). The first-order valence-electron chi connectivity index (χ1n) is 4.96. The van der Waals surface area contributed by atoms with Crippen molar-refractivity contribution in [1.29, 1.82) is 0 Å². The van der Waals surface area contributed by atoms with E-state index < -0.39 is 5.97 Å². The molecule has 0 bridgehead atoms. The van der Waals surface area contributed by atoms with Crippen LogP contribution in [0.25, 0.3) is 5.69 Å². The molecule has 0 atom stereocenters. The minimum Gasteiger partial charge on any atom is -0.461 e. The fraction of sp³-hybridized carbons (Fsp3) is 0.182. The van der Waals surface area contributed by atoms with Crippen molar-refractivity contribution in [3.63, 3.8) is 0 Å². The van der Waals surface area contributed by atoms with Gasteiger partial charge in [-0.25, -0.2) is 9.48 Å². The first-order chi connectivity index (χ1) is 7.81. The van der Waals surface area contributed by atoms with Crippen LogP contribution in [0.1, 0.15) is 17.4 Å². The van der Waals surface area contributed by atoms with Crippen molar-refractivity contribution in [3.8, 4) is 5.69 Å². The van der Waals surface area contributed by atoms with Gasteiger partial charge in [0.2, 0.25) is 0 Å². The molecule has 0 saturated heterocycles. The van der Waals surface area contributed by atoms with Crippen molar-refractivity contribution in [1.82, 2.24) is 15.0 Å². The Morgan fingerprint density at radius 3 is 2.81 bits per heavy atom. The largest absolute Gasteiger partial charge is 0.461 e. The topological polar surface area (TPSA) is 57.0 Å². The highest BCUT2D eigenvalue weighted by molar-refractivity contribution is 5.86. The van der Waals surface area contributed by atoms with E-state index in [4.69, 9.17) is 4.74 Å². The third kappa shape index (κ3) is 2.08. The van der Waals surface area contributed by atoms with Gasteiger partial charge in [-0.2, -0.15) is 0 Å². The zero-order valence-corrected chi connectivity index (χ0v) is 8.83. The summed E-state index contributed by atoms with van der Waals surface area (Å²) in [6.07, 6.45) is 1.55. The summed E-state index contributed by atoms with van der Waals surface area (Å²) in [5.41, 5.74) is 1.07. The van der Waals surface area contributed by atoms with Gasteiger partial charge in [0, 0.05) is 0 Å². The van der Waals surface area contributed by atoms with Crippen LogP contribution in [0.2, 0.25) is 0 Å². The third-order valence-electron chi connectivity index (χ3n) is 2.00. The molecule has 1 aromatic heterocycles. The minimum atomic E-state index is -0.454. The van der Waals surface area contributed by atoms with Gasteiger partial charge < -0.3 is 4.74 Å². The number of hydrogen-bond donors (Lipinski definition) is 0. The van der Waals surface area contributed by atoms with Crippen LogP contribution in [0.15, 0.2) is 36.5 Å². The van der Waals surface area contributed by atoms with Gasteiger partial charge in [-0.15, -0.1) is 5.10 Å². The molecule has 0 radical (unpaired) electrons. The third-order valence-corrected chi connectivity index (χ3v) is 2.00. The van der Waals surface area contributed by atoms with Crippen molar-refractivity contribution < 1.29 is 9.53 Å². The smallest absolute Gasteiger partial charge is 0.360 e. The highest BCUT2D eigenvalue weighted by atomic mass is 16.5. The molecule has 0 N–H and O–H groups in total. The van der Waals surface area contributed by atoms with Gasteiger partial charge in [0.1, 0.15) is 0 Å². The summed E-state index contributed by atoms with van der Waals surface area (Å²) in [6, 6.07) is 9.45. The molecule has 0 spiro atoms. The lowest BCUT2D eigenvalue weighted by Gasteiger charge is -1.97. The highest BCUT2D eigenvalue weighted by Crippen LogP contribution is 2.06. The van der Waals surface area contributed by atoms with Gasteiger partial charge in [-0.05, 0) is 19.1 Å². The molecule has 16 heavy (non-hydrogen) atoms. The average Bonchev–Trinajstić information content (AvgIpc) is 2.80. The van der Waals surface area contributed by atoms with Crippen LogP contribution in [-0.2, 0) is 4.74 Å². The lowest BCUT2D eigenvalue weighted by Crippen LogP contribution is -2.04. The number of ether oxygens (including phenoxy) is 1. The Kier molecular flexibility index (Phi) is 2.95. The summed E-state index contributed by atoms with van der Waals surface area (Å²) in [4.78, 5) is 11.4. The summed E-state index contributed by atoms with van der Waals surface area (Å²) < 4.78 is 6.36. The number of carbonyl (C=O) groups is 1. The Balaban J connectivity index is 2.23. The van der Waals surface area contributed by atoms with Crippen LogP contribution in [0, 0.1) is 0 Å². The van der Waals surface area contributed by atoms with Crippen LogP contribution < -0.4 is 0 Å². The molecule has 1 aromatic carbocycles. The van der Waals surface area contributed by atoms with Crippen molar-refractivity contribution in [2.45, 2.75) is 6.92 Å². The fourth-order valence-electron chi connectivity index (χ4n) is 1.27. The Morgan fingerprint density at radius 2 is 2.12 bits per heavy atom. The summed E-state index contributed by atoms with van der Waals surface area (Å²) in [7, 11) is 0. The van der Waals surface area contributed by atoms with E-state index in [-0.39, 0.29) is 5.69 Å². The molecule has 1 heterocycles. The quantitative estimate of drug-likeness (QED) is 0.730. The average molecular weight is 217 g/mol. The van der Waals surface area contributed by atoms with Gasteiger partial charge in [-0.1, -0.05) is 23.4 Å². The van der Waals surface area contributed by atoms with Crippen molar-refractivity contribution in [2.24, 2.45) is 0 Å². The van der Waals surface area contributed by atoms with E-state index in [1.807, 2.05) is 30.3 Å². The second-order valence-electron chi connectivity index (χ2n) is 3.10. The lowest BCUT2D eigenvalue weighted by atomic mass is 10.3. The number of carbonyl (C=O) groups excluding carboxylic acids is 1. The zero-order chi connectivity index (χ0) is 11.4. The molecule has 0 aliphatic heterocycles. The number of aromatic nitrogens is 3. The molecule has 0 amide bonds. The molecule has 5 heteroatoms. The summed E-state index contributed by atoms with van der Waals surface area (Å²) in [5, 5.41) is 7.61. The zero-order valence-electron chi connectivity index (χ0n) is 8.83. The van der Waals surface area contributed by atoms with Crippen LogP contribution >= 0.6 is 0 Å². The lowest BCUT2D eigenvalue weighted by molar-refractivity contribution is 0.0519. The number of benzene rings is 1. The van der Waals surface area contributed by atoms with E-state index in [1.165, 1.54) is 4.68 Å². The monoisotopic (exact) mass is 217 g/mol. The molecule has 0 saturated carbocycles. The van der Waals surface area contributed by atoms with Crippen LogP contribution in [0.5, 0.6) is 0 Å². The van der Waals surface area contributed by atoms with Crippen molar-refractivity contribution >= 4 is 5.97 Å². The number of para-hydroxylation sites is 1. The van der Waals surface area contributed by atoms with Crippen LogP contribution in [0.3, 0.4) is 0 Å². The number of rotatable bonds is 3. The summed E-state index contributed by atoms with van der Waals surface area (Å²) in [5.74, 6) is -0.454. The maximum Gasteiger partial charge on any atom is 0.360 e. The first kappa shape index (κ1) is 10.4. The first-order valence-corrected chi connectivity index (χ1v) is 4.96. The van der Waals surface area contributed by atoms with E-state index in [0.29, 0.717) is 6.61 Å². The molecule has 2 aromatic rings. The van der Waals surface area contributed by atoms with E-state index in [1.54, 1.807) is 13.1 Å². The van der Waals surface area contributed by atoms with Crippen LogP contribution in [0.4, 0.5) is 0 Å². The van der Waals surface area contributed by atoms with Crippen LogP contribution in [-0.4, -0.2) is 27.6 Å². The predicted octanol–water partition coefficient (Wildman–Crippen LogP) is 1.44. The standard InChI is InChI=1S/C11H11N3O2/c1-2-16-11(15)10-8-14(13-12-10)9-6-4-3-5-7-9/h3-8H,2H2,1H3. The molecular formula is C11H11N3O2. The molecule has 0 fully saturated rings. The molecule has 5 nitrogen and oxygen atoms in total. The maximum atomic E-state index is 11.4. The van der Waals surface area contributed by atoms with Gasteiger partial charge in [0.25, 0.3) is 0 Å². The molecule has 0 unspecified atom stereocenters. The van der Waals surface area contributed by atoms with E-state index in [2.05, 4.69) is 10.3 Å². The highest BCUT2D eigenvalue weighted by Gasteiger charge is 2.11. The summed E-state index contributed by atoms with van der Waals surface area (Å²) in [6.45, 7) is 2.08. The molecular weight excluding hydrogens is 206 g/mol. The minimum absolute atomic E-state index is 0.214. The van der Waals surface area contributed by atoms with E-state index in [0.717, 1.165) is 5.69 Å². The molecule has 0 aliphatic carbocycles. The predicted molar refractivity (Wildman–Crippen MR) is 57.3 cm³/mol. The molecule has 82 valence electrons. The van der Waals surface area contributed by atoms with E-state index in [9.17, 15) is 4.79 Å². The van der Waals surface area contributed by atoms with Crippen molar-refractivity contribution in [2.75, 3.05) is 6.61 Å². The number of nitrogens with zero attached hydrogens (tertiary/aromatic N) is 3. The van der Waals surface area contributed by atoms with Gasteiger partial charge in [-0.3, -0.25) is 0 Å². The van der Waals surface area contributed by atoms with Gasteiger partial charge in [0.15, 0.2) is 5.69 Å². The Hall–Kier alpha value is -2.17. The Morgan fingerprint density at radius 1 is 1.38 bits per heavy atom. The second kappa shape index (κ2) is 4.57. The Labute approximate surface area is 92.7 Å².